The van der Waals surface area contributed by atoms with Gasteiger partial charge in [0.15, 0.2) is 0 Å². The molecule has 0 saturated heterocycles. The van der Waals surface area contributed by atoms with Crippen LogP contribution in [-0.2, 0) is 6.42 Å². The Bertz CT molecular complexity index is 1880. The van der Waals surface area contributed by atoms with Crippen LogP contribution in [0.15, 0.2) is 78.9 Å². The number of aryl methyl sites for hydroxylation is 1. The summed E-state index contributed by atoms with van der Waals surface area (Å²) in [5.41, 5.74) is 1.49. The minimum absolute atomic E-state index is 1.20. The maximum atomic E-state index is 2.47. The van der Waals surface area contributed by atoms with Crippen LogP contribution in [0, 0.1) is 0 Å². The minimum atomic E-state index is 1.20. The summed E-state index contributed by atoms with van der Waals surface area (Å²) in [6, 6.07) is 30.2. The first-order chi connectivity index (χ1) is 17.8. The van der Waals surface area contributed by atoms with Gasteiger partial charge < -0.3 is 0 Å². The molecule has 0 unspecified atom stereocenters. The van der Waals surface area contributed by atoms with Crippen molar-refractivity contribution in [2.24, 2.45) is 0 Å². The molecule has 7 rings (SSSR count). The molecule has 7 aromatic rings. The van der Waals surface area contributed by atoms with Gasteiger partial charge in [-0.25, -0.2) is 0 Å². The molecule has 5 aromatic carbocycles. The normalized spacial score (nSPS) is 12.2. The highest BCUT2D eigenvalue weighted by molar-refractivity contribution is 7.27. The first-order valence-corrected chi connectivity index (χ1v) is 15.1. The second-order valence-corrected chi connectivity index (χ2v) is 12.3. The van der Waals surface area contributed by atoms with Crippen molar-refractivity contribution < 1.29 is 0 Å². The highest BCUT2D eigenvalue weighted by Gasteiger charge is 2.13. The largest absolute Gasteiger partial charge is 0.135 e. The molecule has 0 atom stereocenters. The molecule has 0 N–H and O–H groups in total. The van der Waals surface area contributed by atoms with Gasteiger partial charge in [-0.2, -0.15) is 0 Å². The lowest BCUT2D eigenvalue weighted by molar-refractivity contribution is 0.607. The monoisotopic (exact) mass is 502 g/mol. The van der Waals surface area contributed by atoms with Crippen LogP contribution in [0.25, 0.3) is 61.9 Å². The zero-order chi connectivity index (χ0) is 24.1. The number of rotatable bonds is 7. The molecular weight excluding hydrogens is 473 g/mol. The number of hydrogen-bond acceptors (Lipinski definition) is 2. The van der Waals surface area contributed by atoms with Crippen LogP contribution in [0.3, 0.4) is 0 Å². The van der Waals surface area contributed by atoms with Gasteiger partial charge in [0.2, 0.25) is 0 Å². The predicted molar refractivity (Wildman–Crippen MR) is 164 cm³/mol. The molecule has 0 fully saturated rings. The molecule has 0 nitrogen and oxygen atoms in total. The number of thiophene rings is 2. The Morgan fingerprint density at radius 1 is 0.500 bits per heavy atom. The lowest BCUT2D eigenvalue weighted by Gasteiger charge is -2.05. The molecule has 2 heterocycles. The molecule has 0 amide bonds. The van der Waals surface area contributed by atoms with Gasteiger partial charge in [-0.1, -0.05) is 87.6 Å². The third-order valence-corrected chi connectivity index (χ3v) is 10.3. The van der Waals surface area contributed by atoms with E-state index in [9.17, 15) is 0 Å². The number of hydrogen-bond donors (Lipinski definition) is 0. The maximum Gasteiger partial charge on any atom is 0.0434 e. The fourth-order valence-corrected chi connectivity index (χ4v) is 8.31. The molecule has 2 aromatic heterocycles. The van der Waals surface area contributed by atoms with Crippen molar-refractivity contribution in [3.8, 4) is 0 Å². The molecule has 0 saturated carbocycles. The Hall–Kier alpha value is -2.94. The van der Waals surface area contributed by atoms with Gasteiger partial charge in [0.1, 0.15) is 0 Å². The Labute approximate surface area is 220 Å². The summed E-state index contributed by atoms with van der Waals surface area (Å²) in [7, 11) is 0. The fourth-order valence-electron chi connectivity index (χ4n) is 5.87. The summed E-state index contributed by atoms with van der Waals surface area (Å²) < 4.78 is 5.62. The van der Waals surface area contributed by atoms with Gasteiger partial charge in [-0.15, -0.1) is 22.7 Å². The molecule has 36 heavy (non-hydrogen) atoms. The smallest absolute Gasteiger partial charge is 0.0434 e. The average Bonchev–Trinajstić information content (AvgIpc) is 3.48. The molecule has 0 bridgehead atoms. The van der Waals surface area contributed by atoms with Crippen LogP contribution < -0.4 is 0 Å². The van der Waals surface area contributed by atoms with Gasteiger partial charge in [0.05, 0.1) is 0 Å². The fraction of sp³-hybridized carbons (Fsp3) is 0.235. The summed E-state index contributed by atoms with van der Waals surface area (Å²) in [5, 5.41) is 11.0. The van der Waals surface area contributed by atoms with Gasteiger partial charge in [-0.05, 0) is 59.5 Å². The topological polar surface area (TPSA) is 0 Å². The number of unbranched alkanes of at least 4 members (excludes halogenated alkanes) is 5. The zero-order valence-electron chi connectivity index (χ0n) is 20.8. The van der Waals surface area contributed by atoms with Crippen molar-refractivity contribution in [3.63, 3.8) is 0 Å². The standard InChI is InChI=1S/C34H30S2/c1-2-3-4-5-6-7-10-22-13-18-32-30(19-22)27-17-15-24-20-28-23(21-29(24)34(27)36-32)14-16-26-25-11-8-9-12-31(25)35-33(26)28/h8-9,11-21H,2-7,10H2,1H3. The second kappa shape index (κ2) is 9.18. The van der Waals surface area contributed by atoms with Gasteiger partial charge in [-0.3, -0.25) is 0 Å². The lowest BCUT2D eigenvalue weighted by atomic mass is 9.99. The Kier molecular flexibility index (Phi) is 5.68. The minimum Gasteiger partial charge on any atom is -0.135 e. The predicted octanol–water partition coefficient (Wildman–Crippen LogP) is 11.6. The van der Waals surface area contributed by atoms with Crippen LogP contribution >= 0.6 is 22.7 Å². The summed E-state index contributed by atoms with van der Waals surface area (Å²) in [6.45, 7) is 2.29. The van der Waals surface area contributed by atoms with Gasteiger partial charge >= 0.3 is 0 Å². The van der Waals surface area contributed by atoms with Crippen molar-refractivity contribution in [3.05, 3.63) is 84.4 Å². The van der Waals surface area contributed by atoms with E-state index in [1.807, 2.05) is 22.7 Å². The van der Waals surface area contributed by atoms with E-state index in [0.29, 0.717) is 0 Å². The summed E-state index contributed by atoms with van der Waals surface area (Å²) in [6.07, 6.45) is 9.33. The summed E-state index contributed by atoms with van der Waals surface area (Å²) in [5.74, 6) is 0. The average molecular weight is 503 g/mol. The molecule has 2 heteroatoms. The number of benzene rings is 5. The van der Waals surface area contributed by atoms with E-state index < -0.39 is 0 Å². The van der Waals surface area contributed by atoms with Crippen LogP contribution in [-0.4, -0.2) is 0 Å². The molecular formula is C34H30S2. The third kappa shape index (κ3) is 3.70. The SMILES string of the molecule is CCCCCCCCc1ccc2sc3c4cc5ccc6c7ccccc7sc6c5cc4ccc3c2c1. The van der Waals surface area contributed by atoms with E-state index in [-0.39, 0.29) is 0 Å². The van der Waals surface area contributed by atoms with E-state index in [2.05, 4.69) is 85.8 Å². The first kappa shape index (κ1) is 22.3. The first-order valence-electron chi connectivity index (χ1n) is 13.4. The lowest BCUT2D eigenvalue weighted by Crippen LogP contribution is -1.86. The summed E-state index contributed by atoms with van der Waals surface area (Å²) >= 11 is 3.88. The second-order valence-electron chi connectivity index (χ2n) is 10.2. The molecule has 0 aliphatic rings. The molecule has 0 aliphatic carbocycles. The zero-order valence-corrected chi connectivity index (χ0v) is 22.4. The molecule has 0 spiro atoms. The highest BCUT2D eigenvalue weighted by Crippen LogP contribution is 2.43. The van der Waals surface area contributed by atoms with E-state index in [1.165, 1.54) is 112 Å². The van der Waals surface area contributed by atoms with Crippen molar-refractivity contribution in [1.29, 1.82) is 0 Å². The van der Waals surface area contributed by atoms with Crippen LogP contribution in [0.5, 0.6) is 0 Å². The summed E-state index contributed by atoms with van der Waals surface area (Å²) in [4.78, 5) is 0. The van der Waals surface area contributed by atoms with Crippen molar-refractivity contribution in [1.82, 2.24) is 0 Å². The molecule has 0 radical (unpaired) electrons. The molecule has 0 aliphatic heterocycles. The highest BCUT2D eigenvalue weighted by atomic mass is 32.1. The van der Waals surface area contributed by atoms with Crippen LogP contribution in [0.4, 0.5) is 0 Å². The number of fused-ring (bicyclic) bond motifs is 10. The van der Waals surface area contributed by atoms with Crippen LogP contribution in [0.1, 0.15) is 51.0 Å². The quantitative estimate of drug-likeness (QED) is 0.150. The van der Waals surface area contributed by atoms with E-state index in [4.69, 9.17) is 0 Å². The molecule has 178 valence electrons. The Morgan fingerprint density at radius 3 is 1.89 bits per heavy atom. The van der Waals surface area contributed by atoms with E-state index in [1.54, 1.807) is 0 Å². The van der Waals surface area contributed by atoms with Gasteiger partial charge in [0, 0.05) is 51.1 Å². The Balaban J connectivity index is 1.31. The van der Waals surface area contributed by atoms with Crippen molar-refractivity contribution in [2.45, 2.75) is 51.9 Å². The van der Waals surface area contributed by atoms with Crippen LogP contribution in [0.2, 0.25) is 0 Å². The third-order valence-electron chi connectivity index (χ3n) is 7.81. The van der Waals surface area contributed by atoms with E-state index >= 15 is 0 Å². The Morgan fingerprint density at radius 2 is 1.14 bits per heavy atom. The van der Waals surface area contributed by atoms with E-state index in [0.717, 1.165) is 0 Å². The maximum absolute atomic E-state index is 2.47. The van der Waals surface area contributed by atoms with Crippen molar-refractivity contribution >= 4 is 84.6 Å². The van der Waals surface area contributed by atoms with Gasteiger partial charge in [0.25, 0.3) is 0 Å². The van der Waals surface area contributed by atoms with Crippen molar-refractivity contribution in [2.75, 3.05) is 0 Å².